The number of ketones is 1. The summed E-state index contributed by atoms with van der Waals surface area (Å²) in [5, 5.41) is 11.0. The van der Waals surface area contributed by atoms with Gasteiger partial charge in [-0.3, -0.25) is 4.79 Å². The lowest BCUT2D eigenvalue weighted by atomic mass is 9.49. The van der Waals surface area contributed by atoms with Gasteiger partial charge in [0.05, 0.1) is 0 Å². The fourth-order valence-electron chi connectivity index (χ4n) is 6.38. The van der Waals surface area contributed by atoms with Crippen molar-refractivity contribution in [3.05, 3.63) is 23.8 Å². The first-order chi connectivity index (χ1) is 11.0. The first kappa shape index (κ1) is 15.2. The third-order valence-electron chi connectivity index (χ3n) is 7.54. The molecule has 4 aliphatic carbocycles. The topological polar surface area (TPSA) is 37.3 Å². The van der Waals surface area contributed by atoms with E-state index in [2.05, 4.69) is 18.9 Å². The van der Waals surface area contributed by atoms with E-state index in [-0.39, 0.29) is 5.41 Å². The van der Waals surface area contributed by atoms with Crippen LogP contribution in [-0.2, 0) is 4.79 Å². The van der Waals surface area contributed by atoms with Gasteiger partial charge in [-0.1, -0.05) is 24.5 Å². The normalized spacial score (nSPS) is 48.0. The first-order valence-corrected chi connectivity index (χ1v) is 9.17. The molecule has 0 spiro atoms. The largest absolute Gasteiger partial charge is 0.373 e. The maximum atomic E-state index is 11.7. The molecule has 4 rings (SSSR count). The van der Waals surface area contributed by atoms with Gasteiger partial charge in [0.25, 0.3) is 0 Å². The number of terminal acetylenes is 1. The SMILES string of the molecule is C#C[C@]1(O)C=CC2C3CCC4=CC(=O)CCC4C3CCC21CC. The lowest BCUT2D eigenvalue weighted by Crippen LogP contribution is -2.54. The molecule has 0 amide bonds. The molecule has 0 aromatic rings. The summed E-state index contributed by atoms with van der Waals surface area (Å²) in [6, 6.07) is 0. The first-order valence-electron chi connectivity index (χ1n) is 9.17. The van der Waals surface area contributed by atoms with Crippen molar-refractivity contribution >= 4 is 5.78 Å². The number of carbonyl (C=O) groups is 1. The van der Waals surface area contributed by atoms with E-state index in [9.17, 15) is 9.90 Å². The van der Waals surface area contributed by atoms with E-state index < -0.39 is 5.60 Å². The van der Waals surface area contributed by atoms with Crippen molar-refractivity contribution in [3.63, 3.8) is 0 Å². The number of aliphatic hydroxyl groups is 1. The van der Waals surface area contributed by atoms with Gasteiger partial charge in [0.1, 0.15) is 5.60 Å². The van der Waals surface area contributed by atoms with E-state index >= 15 is 0 Å². The van der Waals surface area contributed by atoms with Gasteiger partial charge in [-0.15, -0.1) is 6.42 Å². The summed E-state index contributed by atoms with van der Waals surface area (Å²) in [5.41, 5.74) is 0.158. The molecule has 1 N–H and O–H groups in total. The van der Waals surface area contributed by atoms with Crippen LogP contribution in [0, 0.1) is 41.4 Å². The molecule has 0 radical (unpaired) electrons. The summed E-state index contributed by atoms with van der Waals surface area (Å²) in [4.78, 5) is 11.7. The Morgan fingerprint density at radius 1 is 1.30 bits per heavy atom. The fraction of sp³-hybridized carbons (Fsp3) is 0.667. The van der Waals surface area contributed by atoms with Crippen LogP contribution in [0.2, 0.25) is 0 Å². The molecule has 122 valence electrons. The second-order valence-corrected chi connectivity index (χ2v) is 8.04. The molecule has 0 bridgehead atoms. The molecule has 5 unspecified atom stereocenters. The van der Waals surface area contributed by atoms with E-state index in [0.717, 1.165) is 38.5 Å². The third-order valence-corrected chi connectivity index (χ3v) is 7.54. The Morgan fingerprint density at radius 3 is 2.87 bits per heavy atom. The summed E-state index contributed by atoms with van der Waals surface area (Å²) in [7, 11) is 0. The van der Waals surface area contributed by atoms with Crippen molar-refractivity contribution in [1.82, 2.24) is 0 Å². The van der Waals surface area contributed by atoms with Crippen LogP contribution in [0.4, 0.5) is 0 Å². The zero-order valence-electron chi connectivity index (χ0n) is 13.9. The van der Waals surface area contributed by atoms with Crippen LogP contribution in [0.1, 0.15) is 51.9 Å². The Balaban J connectivity index is 1.69. The van der Waals surface area contributed by atoms with Crippen LogP contribution in [0.25, 0.3) is 0 Å². The predicted octanol–water partition coefficient (Wildman–Crippen LogP) is 3.66. The van der Waals surface area contributed by atoms with Crippen molar-refractivity contribution in [2.45, 2.75) is 57.5 Å². The van der Waals surface area contributed by atoms with Gasteiger partial charge >= 0.3 is 0 Å². The van der Waals surface area contributed by atoms with E-state index in [1.54, 1.807) is 0 Å². The fourth-order valence-corrected chi connectivity index (χ4v) is 6.38. The van der Waals surface area contributed by atoms with Crippen LogP contribution >= 0.6 is 0 Å². The van der Waals surface area contributed by atoms with Crippen molar-refractivity contribution in [1.29, 1.82) is 0 Å². The average molecular weight is 310 g/mol. The summed E-state index contributed by atoms with van der Waals surface area (Å²) < 4.78 is 0. The molecule has 4 aliphatic rings. The van der Waals surface area contributed by atoms with Gasteiger partial charge in [0.15, 0.2) is 5.78 Å². The van der Waals surface area contributed by atoms with Crippen LogP contribution in [0.3, 0.4) is 0 Å². The maximum Gasteiger partial charge on any atom is 0.155 e. The van der Waals surface area contributed by atoms with Gasteiger partial charge in [0.2, 0.25) is 0 Å². The van der Waals surface area contributed by atoms with Gasteiger partial charge in [-0.05, 0) is 74.3 Å². The minimum absolute atomic E-state index is 0.172. The van der Waals surface area contributed by atoms with Crippen LogP contribution in [-0.4, -0.2) is 16.5 Å². The number of carbonyl (C=O) groups excluding carboxylic acids is 1. The second-order valence-electron chi connectivity index (χ2n) is 8.04. The summed E-state index contributed by atoms with van der Waals surface area (Å²) >= 11 is 0. The Morgan fingerprint density at radius 2 is 2.13 bits per heavy atom. The molecule has 0 aromatic heterocycles. The average Bonchev–Trinajstić information content (AvgIpc) is 2.88. The lowest BCUT2D eigenvalue weighted by molar-refractivity contribution is -0.116. The Kier molecular flexibility index (Phi) is 3.36. The number of fused-ring (bicyclic) bond motifs is 5. The predicted molar refractivity (Wildman–Crippen MR) is 90.4 cm³/mol. The van der Waals surface area contributed by atoms with Gasteiger partial charge < -0.3 is 5.11 Å². The van der Waals surface area contributed by atoms with Crippen molar-refractivity contribution in [3.8, 4) is 12.3 Å². The molecule has 0 aliphatic heterocycles. The van der Waals surface area contributed by atoms with E-state index in [1.165, 1.54) is 5.57 Å². The van der Waals surface area contributed by atoms with Crippen LogP contribution in [0.5, 0.6) is 0 Å². The van der Waals surface area contributed by atoms with E-state index in [4.69, 9.17) is 6.42 Å². The second kappa shape index (κ2) is 5.08. The molecule has 2 fully saturated rings. The Labute approximate surface area is 139 Å². The summed E-state index contributed by atoms with van der Waals surface area (Å²) in [6.45, 7) is 2.18. The number of allylic oxidation sites excluding steroid dienone is 3. The third kappa shape index (κ3) is 1.89. The van der Waals surface area contributed by atoms with E-state index in [1.807, 2.05) is 12.2 Å². The zero-order valence-corrected chi connectivity index (χ0v) is 13.9. The lowest BCUT2D eigenvalue weighted by Gasteiger charge is -2.55. The summed E-state index contributed by atoms with van der Waals surface area (Å²) in [5.74, 6) is 5.28. The number of hydrogen-bond donors (Lipinski definition) is 1. The molecule has 0 saturated heterocycles. The monoisotopic (exact) mass is 310 g/mol. The maximum absolute atomic E-state index is 11.7. The highest BCUT2D eigenvalue weighted by molar-refractivity contribution is 5.91. The Hall–Kier alpha value is -1.33. The van der Waals surface area contributed by atoms with Gasteiger partial charge in [-0.25, -0.2) is 0 Å². The summed E-state index contributed by atoms with van der Waals surface area (Å²) in [6.07, 6.45) is 18.8. The van der Waals surface area contributed by atoms with Crippen molar-refractivity contribution in [2.75, 3.05) is 0 Å². The molecule has 2 nitrogen and oxygen atoms in total. The van der Waals surface area contributed by atoms with Crippen LogP contribution < -0.4 is 0 Å². The number of rotatable bonds is 1. The van der Waals surface area contributed by atoms with Gasteiger partial charge in [0, 0.05) is 11.8 Å². The zero-order chi connectivity index (χ0) is 16.2. The minimum atomic E-state index is -1.07. The molecule has 23 heavy (non-hydrogen) atoms. The highest BCUT2D eigenvalue weighted by Crippen LogP contribution is 2.63. The van der Waals surface area contributed by atoms with Crippen molar-refractivity contribution in [2.24, 2.45) is 29.1 Å². The van der Waals surface area contributed by atoms with Gasteiger partial charge in [-0.2, -0.15) is 0 Å². The standard InChI is InChI=1S/C21H26O2/c1-3-20-11-9-17-16-8-6-15(22)13-14(16)5-7-18(17)19(20)10-12-21(20,23)4-2/h2,10,12-13,16-19,23H,3,5-9,11H2,1H3/t16?,17?,18?,19?,20?,21-/m0/s1. The molecule has 0 aromatic carbocycles. The van der Waals surface area contributed by atoms with Crippen molar-refractivity contribution < 1.29 is 9.90 Å². The molecular weight excluding hydrogens is 284 g/mol. The molecule has 2 heteroatoms. The molecule has 0 heterocycles. The molecular formula is C21H26O2. The minimum Gasteiger partial charge on any atom is -0.373 e. The molecule has 2 saturated carbocycles. The highest BCUT2D eigenvalue weighted by Gasteiger charge is 2.61. The smallest absolute Gasteiger partial charge is 0.155 e. The van der Waals surface area contributed by atoms with E-state index in [0.29, 0.717) is 35.9 Å². The van der Waals surface area contributed by atoms with Crippen LogP contribution in [0.15, 0.2) is 23.8 Å². The Bertz CT molecular complexity index is 637. The highest BCUT2D eigenvalue weighted by atomic mass is 16.3. The molecule has 6 atom stereocenters. The quantitative estimate of drug-likeness (QED) is 0.593. The number of hydrogen-bond acceptors (Lipinski definition) is 2.